The van der Waals surface area contributed by atoms with Crippen LogP contribution in [0, 0.1) is 6.92 Å². The summed E-state index contributed by atoms with van der Waals surface area (Å²) in [5.41, 5.74) is 2.83. The highest BCUT2D eigenvalue weighted by Crippen LogP contribution is 2.30. The third kappa shape index (κ3) is 3.02. The average Bonchev–Trinajstić information content (AvgIpc) is 2.79. The van der Waals surface area contributed by atoms with Crippen LogP contribution in [0.5, 0.6) is 0 Å². The van der Waals surface area contributed by atoms with Gasteiger partial charge in [0.1, 0.15) is 0 Å². The zero-order valence-electron chi connectivity index (χ0n) is 10.2. The minimum absolute atomic E-state index is 0.634. The van der Waals surface area contributed by atoms with Gasteiger partial charge in [-0.3, -0.25) is 0 Å². The van der Waals surface area contributed by atoms with Crippen LogP contribution in [0.4, 0.5) is 0 Å². The topological polar surface area (TPSA) is 12.0 Å². The first-order chi connectivity index (χ1) is 7.79. The second-order valence-electron chi connectivity index (χ2n) is 4.64. The van der Waals surface area contributed by atoms with Crippen LogP contribution in [-0.4, -0.2) is 24.1 Å². The lowest BCUT2D eigenvalue weighted by molar-refractivity contribution is 0.524. The zero-order chi connectivity index (χ0) is 11.4. The maximum Gasteiger partial charge on any atom is 0.0223 e. The molecule has 2 unspecified atom stereocenters. The van der Waals surface area contributed by atoms with Crippen molar-refractivity contribution in [1.82, 2.24) is 5.32 Å². The van der Waals surface area contributed by atoms with Crippen LogP contribution in [0.3, 0.4) is 0 Å². The summed E-state index contributed by atoms with van der Waals surface area (Å²) >= 11 is 2.14. The summed E-state index contributed by atoms with van der Waals surface area (Å²) in [6.45, 7) is 2.17. The van der Waals surface area contributed by atoms with Crippen LogP contribution in [0.1, 0.15) is 24.0 Å². The highest BCUT2D eigenvalue weighted by atomic mass is 32.2. The fraction of sp³-hybridized carbons (Fsp3) is 0.571. The molecular weight excluding hydrogens is 214 g/mol. The summed E-state index contributed by atoms with van der Waals surface area (Å²) in [7, 11) is 2.10. The Balaban J connectivity index is 2.00. The average molecular weight is 235 g/mol. The molecule has 1 fully saturated rings. The van der Waals surface area contributed by atoms with Crippen molar-refractivity contribution in [1.29, 1.82) is 0 Å². The van der Waals surface area contributed by atoms with E-state index < -0.39 is 0 Å². The maximum absolute atomic E-state index is 3.49. The largest absolute Gasteiger partial charge is 0.316 e. The monoisotopic (exact) mass is 235 g/mol. The summed E-state index contributed by atoms with van der Waals surface area (Å²) < 4.78 is 0. The van der Waals surface area contributed by atoms with Gasteiger partial charge in [0.25, 0.3) is 0 Å². The first-order valence-electron chi connectivity index (χ1n) is 6.14. The van der Waals surface area contributed by atoms with E-state index in [9.17, 15) is 0 Å². The van der Waals surface area contributed by atoms with Crippen molar-refractivity contribution in [3.8, 4) is 0 Å². The van der Waals surface area contributed by atoms with Gasteiger partial charge in [0, 0.05) is 11.3 Å². The van der Waals surface area contributed by atoms with Crippen LogP contribution >= 0.6 is 11.8 Å². The first-order valence-corrected chi connectivity index (χ1v) is 7.19. The number of nitrogens with one attached hydrogen (secondary N) is 1. The van der Waals surface area contributed by atoms with Crippen molar-refractivity contribution >= 4 is 11.8 Å². The number of hydrogen-bond donors (Lipinski definition) is 1. The van der Waals surface area contributed by atoms with Gasteiger partial charge in [-0.15, -0.1) is 0 Å². The molecule has 1 heterocycles. The van der Waals surface area contributed by atoms with Crippen LogP contribution in [0.25, 0.3) is 0 Å². The Bertz CT molecular complexity index is 331. The molecule has 1 saturated heterocycles. The summed E-state index contributed by atoms with van der Waals surface area (Å²) in [4.78, 5) is 0. The smallest absolute Gasteiger partial charge is 0.0223 e. The summed E-state index contributed by atoms with van der Waals surface area (Å²) in [6.07, 6.45) is 3.93. The van der Waals surface area contributed by atoms with E-state index in [1.165, 1.54) is 29.7 Å². The van der Waals surface area contributed by atoms with Crippen LogP contribution in [0.2, 0.25) is 0 Å². The number of hydrogen-bond acceptors (Lipinski definition) is 2. The van der Waals surface area contributed by atoms with Crippen molar-refractivity contribution in [2.24, 2.45) is 0 Å². The van der Waals surface area contributed by atoms with Gasteiger partial charge in [-0.1, -0.05) is 29.8 Å². The summed E-state index contributed by atoms with van der Waals surface area (Å²) in [5, 5.41) is 4.30. The van der Waals surface area contributed by atoms with Crippen molar-refractivity contribution in [3.05, 3.63) is 35.4 Å². The lowest BCUT2D eigenvalue weighted by Gasteiger charge is -2.22. The van der Waals surface area contributed by atoms with Crippen LogP contribution in [0.15, 0.2) is 24.3 Å². The van der Waals surface area contributed by atoms with E-state index in [4.69, 9.17) is 0 Å². The van der Waals surface area contributed by atoms with Gasteiger partial charge >= 0.3 is 0 Å². The summed E-state index contributed by atoms with van der Waals surface area (Å²) in [5.74, 6) is 1.34. The van der Waals surface area contributed by atoms with E-state index in [0.29, 0.717) is 6.04 Å². The van der Waals surface area contributed by atoms with Gasteiger partial charge in [0.15, 0.2) is 0 Å². The molecule has 16 heavy (non-hydrogen) atoms. The van der Waals surface area contributed by atoms with Gasteiger partial charge in [-0.05, 0) is 44.6 Å². The van der Waals surface area contributed by atoms with Gasteiger partial charge in [0.2, 0.25) is 0 Å². The predicted molar refractivity (Wildman–Crippen MR) is 73.2 cm³/mol. The molecule has 2 rings (SSSR count). The molecule has 2 atom stereocenters. The van der Waals surface area contributed by atoms with E-state index in [1.54, 1.807) is 0 Å². The lowest BCUT2D eigenvalue weighted by atomic mass is 10.00. The van der Waals surface area contributed by atoms with E-state index in [0.717, 1.165) is 11.7 Å². The number of thioether (sulfide) groups is 1. The second kappa shape index (κ2) is 5.74. The Morgan fingerprint density at radius 3 is 3.00 bits per heavy atom. The Labute approximate surface area is 103 Å². The molecule has 0 saturated carbocycles. The summed E-state index contributed by atoms with van der Waals surface area (Å²) in [6, 6.07) is 9.52. The van der Waals surface area contributed by atoms with Gasteiger partial charge in [0.05, 0.1) is 0 Å². The fourth-order valence-corrected chi connectivity index (χ4v) is 3.87. The number of rotatable bonds is 4. The maximum atomic E-state index is 3.49. The fourth-order valence-electron chi connectivity index (χ4n) is 2.43. The molecule has 0 aromatic heterocycles. The van der Waals surface area contributed by atoms with Crippen molar-refractivity contribution in [2.45, 2.75) is 37.5 Å². The molecule has 1 nitrogen and oxygen atoms in total. The van der Waals surface area contributed by atoms with Crippen LogP contribution < -0.4 is 5.32 Å². The molecule has 2 heteroatoms. The van der Waals surface area contributed by atoms with E-state index in [2.05, 4.69) is 55.3 Å². The van der Waals surface area contributed by atoms with E-state index >= 15 is 0 Å². The molecule has 88 valence electrons. The van der Waals surface area contributed by atoms with Gasteiger partial charge in [-0.25, -0.2) is 0 Å². The van der Waals surface area contributed by atoms with Crippen molar-refractivity contribution in [3.63, 3.8) is 0 Å². The van der Waals surface area contributed by atoms with Gasteiger partial charge < -0.3 is 5.32 Å². The molecule has 1 aliphatic heterocycles. The number of aryl methyl sites for hydroxylation is 1. The SMILES string of the molecule is CNC(Cc1cccc(C)c1)C1CCCS1. The number of benzene rings is 1. The Hall–Kier alpha value is -0.470. The minimum Gasteiger partial charge on any atom is -0.316 e. The molecular formula is C14H21NS. The molecule has 0 amide bonds. The minimum atomic E-state index is 0.634. The molecule has 0 radical (unpaired) electrons. The molecule has 1 aromatic rings. The quantitative estimate of drug-likeness (QED) is 0.861. The second-order valence-corrected chi connectivity index (χ2v) is 5.99. The molecule has 1 aliphatic rings. The molecule has 1 N–H and O–H groups in total. The Kier molecular flexibility index (Phi) is 4.30. The van der Waals surface area contributed by atoms with Crippen molar-refractivity contribution in [2.75, 3.05) is 12.8 Å². The van der Waals surface area contributed by atoms with E-state index in [1.807, 2.05) is 0 Å². The first kappa shape index (κ1) is 12.0. The molecule has 0 spiro atoms. The molecule has 1 aromatic carbocycles. The Morgan fingerprint density at radius 2 is 2.38 bits per heavy atom. The normalized spacial score (nSPS) is 22.2. The highest BCUT2D eigenvalue weighted by Gasteiger charge is 2.24. The Morgan fingerprint density at radius 1 is 1.50 bits per heavy atom. The lowest BCUT2D eigenvalue weighted by Crippen LogP contribution is -2.36. The standard InChI is InChI=1S/C14H21NS/c1-11-5-3-6-12(9-11)10-13(15-2)14-7-4-8-16-14/h3,5-6,9,13-15H,4,7-8,10H2,1-2H3. The third-order valence-corrected chi connectivity index (χ3v) is 4.84. The van der Waals surface area contributed by atoms with Crippen molar-refractivity contribution < 1.29 is 0 Å². The molecule has 0 bridgehead atoms. The molecule has 0 aliphatic carbocycles. The van der Waals surface area contributed by atoms with Crippen LogP contribution in [-0.2, 0) is 6.42 Å². The zero-order valence-corrected chi connectivity index (χ0v) is 11.0. The highest BCUT2D eigenvalue weighted by molar-refractivity contribution is 8.00. The number of likely N-dealkylation sites (N-methyl/N-ethyl adjacent to an activating group) is 1. The third-order valence-electron chi connectivity index (χ3n) is 3.32. The van der Waals surface area contributed by atoms with E-state index in [-0.39, 0.29) is 0 Å². The predicted octanol–water partition coefficient (Wildman–Crippen LogP) is 3.02. The van der Waals surface area contributed by atoms with Gasteiger partial charge in [-0.2, -0.15) is 11.8 Å².